The van der Waals surface area contributed by atoms with E-state index >= 15 is 0 Å². The van der Waals surface area contributed by atoms with Crippen molar-refractivity contribution in [3.05, 3.63) is 0 Å². The van der Waals surface area contributed by atoms with Gasteiger partial charge in [-0.1, -0.05) is 13.8 Å². The molecule has 0 aromatic carbocycles. The Morgan fingerprint density at radius 1 is 0.647 bits per heavy atom. The lowest BCUT2D eigenvalue weighted by molar-refractivity contribution is -0.145. The highest BCUT2D eigenvalue weighted by Crippen LogP contribution is 2.09. The van der Waals surface area contributed by atoms with E-state index in [-0.39, 0.29) is 51.2 Å². The number of likely N-dealkylation sites (N-methyl/N-ethyl adjacent to an activating group) is 3. The van der Waals surface area contributed by atoms with Crippen molar-refractivity contribution >= 4 is 47.6 Å². The van der Waals surface area contributed by atoms with Crippen LogP contribution in [0.2, 0.25) is 0 Å². The van der Waals surface area contributed by atoms with E-state index in [9.17, 15) is 29.4 Å². The second-order valence-corrected chi connectivity index (χ2v) is 14.7. The van der Waals surface area contributed by atoms with Crippen LogP contribution in [0.3, 0.4) is 0 Å². The fourth-order valence-electron chi connectivity index (χ4n) is 3.91. The third-order valence-electron chi connectivity index (χ3n) is 7.04. The van der Waals surface area contributed by atoms with Crippen LogP contribution >= 0.6 is 23.5 Å². The van der Waals surface area contributed by atoms with Crippen LogP contribution in [0.1, 0.15) is 46.0 Å². The number of hydrogen-bond donors (Lipinski definition) is 6. The summed E-state index contributed by atoms with van der Waals surface area (Å²) < 4.78 is 20.5. The highest BCUT2D eigenvalue weighted by molar-refractivity contribution is 7.99. The Labute approximate surface area is 313 Å². The van der Waals surface area contributed by atoms with Gasteiger partial charge in [-0.25, -0.2) is 9.59 Å². The summed E-state index contributed by atoms with van der Waals surface area (Å²) in [5, 5.41) is 31.8. The van der Waals surface area contributed by atoms with Crippen LogP contribution in [0.5, 0.6) is 0 Å². The summed E-state index contributed by atoms with van der Waals surface area (Å²) >= 11 is 3.00. The summed E-state index contributed by atoms with van der Waals surface area (Å²) in [5.41, 5.74) is 0. The molecule has 6 N–H and O–H groups in total. The molecule has 51 heavy (non-hydrogen) atoms. The Morgan fingerprint density at radius 2 is 1.08 bits per heavy atom. The molecule has 0 radical (unpaired) electrons. The molecule has 18 heteroatoms. The molecule has 2 amide bonds. The zero-order valence-electron chi connectivity index (χ0n) is 31.5. The molecule has 0 aromatic heterocycles. The quantitative estimate of drug-likeness (QED) is 0.0310. The maximum absolute atomic E-state index is 11.9. The van der Waals surface area contributed by atoms with Crippen molar-refractivity contribution in [2.24, 2.45) is 0 Å². The third-order valence-corrected chi connectivity index (χ3v) is 9.07. The average Bonchev–Trinajstić information content (AvgIpc) is 3.08. The van der Waals surface area contributed by atoms with Crippen LogP contribution in [-0.2, 0) is 28.5 Å². The summed E-state index contributed by atoms with van der Waals surface area (Å²) in [6.07, 6.45) is -0.975. The van der Waals surface area contributed by atoms with Crippen molar-refractivity contribution in [1.29, 1.82) is 0 Å². The predicted molar refractivity (Wildman–Crippen MR) is 202 cm³/mol. The van der Waals surface area contributed by atoms with Gasteiger partial charge in [0.25, 0.3) is 0 Å². The Morgan fingerprint density at radius 3 is 1.51 bits per heavy atom. The molecule has 0 aromatic rings. The number of aliphatic hydroxyl groups excluding tert-OH is 2. The summed E-state index contributed by atoms with van der Waals surface area (Å²) in [4.78, 5) is 51.6. The van der Waals surface area contributed by atoms with Gasteiger partial charge in [0, 0.05) is 76.3 Å². The Hall–Kier alpha value is -2.06. The van der Waals surface area contributed by atoms with Crippen molar-refractivity contribution in [3.8, 4) is 0 Å². The minimum absolute atomic E-state index is 0.0908. The zero-order valence-corrected chi connectivity index (χ0v) is 33.1. The number of nitrogens with zero attached hydrogens (tertiary/aromatic N) is 2. The number of hydrogen-bond acceptors (Lipinski definition) is 16. The number of nitrogens with one attached hydrogen (secondary N) is 4. The second kappa shape index (κ2) is 33.8. The lowest BCUT2D eigenvalue weighted by Crippen LogP contribution is -2.38. The van der Waals surface area contributed by atoms with Crippen molar-refractivity contribution in [2.75, 3.05) is 123 Å². The molecular weight excluding hydrogens is 705 g/mol. The van der Waals surface area contributed by atoms with E-state index in [1.54, 1.807) is 0 Å². The van der Waals surface area contributed by atoms with E-state index < -0.39 is 24.4 Å². The molecule has 2 unspecified atom stereocenters. The van der Waals surface area contributed by atoms with Gasteiger partial charge < -0.3 is 60.2 Å². The van der Waals surface area contributed by atoms with E-state index in [1.807, 2.05) is 21.1 Å². The largest absolute Gasteiger partial charge is 0.466 e. The molecule has 16 nitrogen and oxygen atoms in total. The first-order valence-electron chi connectivity index (χ1n) is 17.8. The normalized spacial score (nSPS) is 12.5. The van der Waals surface area contributed by atoms with Gasteiger partial charge in [-0.15, -0.1) is 0 Å². The highest BCUT2D eigenvalue weighted by atomic mass is 32.2. The number of amides is 2. The van der Waals surface area contributed by atoms with Gasteiger partial charge in [0.1, 0.15) is 13.2 Å². The van der Waals surface area contributed by atoms with Gasteiger partial charge in [-0.2, -0.15) is 23.5 Å². The van der Waals surface area contributed by atoms with Gasteiger partial charge in [0.2, 0.25) is 0 Å². The minimum atomic E-state index is -0.781. The first-order chi connectivity index (χ1) is 24.4. The van der Waals surface area contributed by atoms with E-state index in [4.69, 9.17) is 18.9 Å². The molecule has 0 aliphatic rings. The molecule has 0 rings (SSSR count). The van der Waals surface area contributed by atoms with Gasteiger partial charge >= 0.3 is 24.1 Å². The minimum Gasteiger partial charge on any atom is -0.466 e. The first-order valence-corrected chi connectivity index (χ1v) is 20.1. The number of esters is 2. The van der Waals surface area contributed by atoms with E-state index in [0.29, 0.717) is 74.5 Å². The molecule has 0 fully saturated rings. The molecule has 0 saturated carbocycles. The third kappa shape index (κ3) is 34.8. The van der Waals surface area contributed by atoms with Crippen LogP contribution < -0.4 is 21.3 Å². The summed E-state index contributed by atoms with van der Waals surface area (Å²) in [7, 11) is 5.83. The van der Waals surface area contributed by atoms with Crippen LogP contribution in [0.15, 0.2) is 0 Å². The van der Waals surface area contributed by atoms with Gasteiger partial charge in [-0.3, -0.25) is 9.59 Å². The Bertz CT molecular complexity index is 912. The van der Waals surface area contributed by atoms with Gasteiger partial charge in [0.15, 0.2) is 0 Å². The molecule has 0 aliphatic carbocycles. The number of alkyl carbamates (subject to hydrolysis) is 2. The lowest BCUT2D eigenvalue weighted by Gasteiger charge is -2.18. The van der Waals surface area contributed by atoms with E-state index in [1.165, 1.54) is 23.5 Å². The van der Waals surface area contributed by atoms with Crippen LogP contribution in [-0.4, -0.2) is 185 Å². The topological polar surface area (TPSA) is 200 Å². The van der Waals surface area contributed by atoms with Crippen LogP contribution in [0, 0.1) is 0 Å². The monoisotopic (exact) mass is 770 g/mol. The number of aliphatic hydroxyl groups is 2. The summed E-state index contributed by atoms with van der Waals surface area (Å²) in [6, 6.07) is 0.436. The molecule has 0 heterocycles. The maximum atomic E-state index is 11.9. The van der Waals surface area contributed by atoms with E-state index in [2.05, 4.69) is 44.9 Å². The van der Waals surface area contributed by atoms with Crippen LogP contribution in [0.25, 0.3) is 0 Å². The lowest BCUT2D eigenvalue weighted by atomic mass is 10.3. The molecule has 0 aliphatic heterocycles. The standard InChI is InChI=1S/C33H66N6O10S2/c1-27(2)35-12-16-39(5)18-14-37-33(45)49-26-29(41)8-22-51-24-10-31(43)47-20-6-19-46-30(42)9-23-50-21-7-28(40)25-48-32(44)36-13-17-38(4)15-11-34-3/h27-29,34-35,40-41H,6-26H2,1-5H3,(H,36,44)(H,37,45). The zero-order chi connectivity index (χ0) is 38.1. The van der Waals surface area contributed by atoms with Crippen molar-refractivity contribution in [1.82, 2.24) is 31.1 Å². The fraction of sp³-hybridized carbons (Fsp3) is 0.879. The van der Waals surface area contributed by atoms with Gasteiger partial charge in [0.05, 0.1) is 38.3 Å². The SMILES string of the molecule is CNCCN(C)CCNC(=O)OCC(O)CCSCCC(=O)OCCCOC(=O)CCSCCC(O)COC(=O)NCCN(C)CCNC(C)C. The van der Waals surface area contributed by atoms with E-state index in [0.717, 1.165) is 26.2 Å². The average molecular weight is 771 g/mol. The maximum Gasteiger partial charge on any atom is 0.407 e. The summed E-state index contributed by atoms with van der Waals surface area (Å²) in [6.45, 7) is 10.1. The summed E-state index contributed by atoms with van der Waals surface area (Å²) in [5.74, 6) is 1.60. The van der Waals surface area contributed by atoms with Crippen molar-refractivity contribution < 1.29 is 48.3 Å². The van der Waals surface area contributed by atoms with Crippen LogP contribution in [0.4, 0.5) is 9.59 Å². The second-order valence-electron chi connectivity index (χ2n) is 12.3. The smallest absolute Gasteiger partial charge is 0.407 e. The number of carbonyl (C=O) groups excluding carboxylic acids is 4. The Balaban J connectivity index is 3.62. The molecule has 300 valence electrons. The predicted octanol–water partition coefficient (Wildman–Crippen LogP) is 0.745. The molecule has 0 bridgehead atoms. The number of rotatable bonds is 33. The van der Waals surface area contributed by atoms with Crippen molar-refractivity contribution in [3.63, 3.8) is 0 Å². The van der Waals surface area contributed by atoms with Crippen molar-refractivity contribution in [2.45, 2.75) is 64.2 Å². The molecule has 2 atom stereocenters. The number of carbonyl (C=O) groups is 4. The fourth-order valence-corrected chi connectivity index (χ4v) is 5.82. The molecular formula is C33H66N6O10S2. The Kier molecular flexibility index (Phi) is 32.4. The number of thioether (sulfide) groups is 2. The number of ether oxygens (including phenoxy) is 4. The highest BCUT2D eigenvalue weighted by Gasteiger charge is 2.12. The first kappa shape index (κ1) is 48.9. The van der Waals surface area contributed by atoms with Gasteiger partial charge in [-0.05, 0) is 45.5 Å². The molecule has 0 saturated heterocycles. The molecule has 0 spiro atoms.